The molecule has 2 fully saturated rings. The fourth-order valence-electron chi connectivity index (χ4n) is 4.57. The van der Waals surface area contributed by atoms with Crippen LogP contribution >= 0.6 is 11.3 Å². The fourth-order valence-corrected chi connectivity index (χ4v) is 5.62. The van der Waals surface area contributed by atoms with Crippen molar-refractivity contribution in [2.75, 3.05) is 50.9 Å². The molecule has 32 heavy (non-hydrogen) atoms. The van der Waals surface area contributed by atoms with Crippen LogP contribution in [0.2, 0.25) is 0 Å². The molecule has 0 saturated carbocycles. The van der Waals surface area contributed by atoms with Crippen molar-refractivity contribution in [3.63, 3.8) is 0 Å². The number of aromatic nitrogens is 2. The number of fused-ring (bicyclic) bond motifs is 1. The topological polar surface area (TPSA) is 50.7 Å². The molecule has 2 saturated heterocycles. The lowest BCUT2D eigenvalue weighted by atomic mass is 9.97. The largest absolute Gasteiger partial charge is 0.493 e. The third kappa shape index (κ3) is 4.75. The van der Waals surface area contributed by atoms with E-state index in [1.54, 1.807) is 11.3 Å². The molecule has 0 unspecified atom stereocenters. The quantitative estimate of drug-likeness (QED) is 0.551. The number of piperidine rings is 1. The van der Waals surface area contributed by atoms with Crippen molar-refractivity contribution in [3.05, 3.63) is 46.6 Å². The normalized spacial score (nSPS) is 18.4. The monoisotopic (exact) mass is 452 g/mol. The van der Waals surface area contributed by atoms with Gasteiger partial charge in [-0.1, -0.05) is 18.2 Å². The Bertz CT molecular complexity index is 1040. The first-order valence-electron chi connectivity index (χ1n) is 11.7. The third-order valence-corrected chi connectivity index (χ3v) is 7.77. The molecule has 7 heteroatoms. The summed E-state index contributed by atoms with van der Waals surface area (Å²) in [6.45, 7) is 11.5. The maximum Gasteiger partial charge on any atom is 0.146 e. The first-order chi connectivity index (χ1) is 15.7. The van der Waals surface area contributed by atoms with E-state index in [1.807, 2.05) is 30.3 Å². The van der Waals surface area contributed by atoms with Crippen LogP contribution in [0.5, 0.6) is 5.75 Å². The van der Waals surface area contributed by atoms with E-state index < -0.39 is 0 Å². The molecule has 0 radical (unpaired) electrons. The summed E-state index contributed by atoms with van der Waals surface area (Å²) in [5, 5.41) is 1.25. The SMILES string of the molecule is Cc1sc2nc(CN3CCOCC3)nc(N3CCC(COc4ccccc4)CC3)c2c1C. The molecular weight excluding hydrogens is 420 g/mol. The number of para-hydroxylation sites is 1. The van der Waals surface area contributed by atoms with Crippen LogP contribution in [0.1, 0.15) is 29.1 Å². The minimum Gasteiger partial charge on any atom is -0.493 e. The van der Waals surface area contributed by atoms with E-state index >= 15 is 0 Å². The number of nitrogens with zero attached hydrogens (tertiary/aromatic N) is 4. The Kier molecular flexibility index (Phi) is 6.57. The summed E-state index contributed by atoms with van der Waals surface area (Å²) in [5.74, 6) is 3.61. The van der Waals surface area contributed by atoms with Gasteiger partial charge in [-0.15, -0.1) is 11.3 Å². The van der Waals surface area contributed by atoms with E-state index in [-0.39, 0.29) is 0 Å². The number of rotatable bonds is 6. The van der Waals surface area contributed by atoms with Crippen LogP contribution < -0.4 is 9.64 Å². The van der Waals surface area contributed by atoms with Crippen LogP contribution in [-0.2, 0) is 11.3 Å². The highest BCUT2D eigenvalue weighted by Gasteiger charge is 2.25. The Morgan fingerprint density at radius 2 is 1.78 bits per heavy atom. The van der Waals surface area contributed by atoms with Crippen molar-refractivity contribution < 1.29 is 9.47 Å². The average molecular weight is 453 g/mol. The average Bonchev–Trinajstić information content (AvgIpc) is 3.12. The molecule has 1 aromatic carbocycles. The minimum atomic E-state index is 0.585. The van der Waals surface area contributed by atoms with Crippen molar-refractivity contribution in [2.45, 2.75) is 33.2 Å². The number of hydrogen-bond donors (Lipinski definition) is 0. The van der Waals surface area contributed by atoms with E-state index in [2.05, 4.69) is 23.6 Å². The molecule has 170 valence electrons. The summed E-state index contributed by atoms with van der Waals surface area (Å²) < 4.78 is 11.5. The van der Waals surface area contributed by atoms with Crippen LogP contribution in [0.15, 0.2) is 30.3 Å². The molecule has 2 aliphatic heterocycles. The number of thiophene rings is 1. The van der Waals surface area contributed by atoms with E-state index in [1.165, 1.54) is 15.8 Å². The Hall–Kier alpha value is -2.22. The summed E-state index contributed by atoms with van der Waals surface area (Å²) in [6, 6.07) is 10.1. The van der Waals surface area contributed by atoms with E-state index in [0.29, 0.717) is 5.92 Å². The highest BCUT2D eigenvalue weighted by atomic mass is 32.1. The highest BCUT2D eigenvalue weighted by Crippen LogP contribution is 2.36. The molecule has 4 heterocycles. The van der Waals surface area contributed by atoms with Crippen molar-refractivity contribution in [1.82, 2.24) is 14.9 Å². The summed E-state index contributed by atoms with van der Waals surface area (Å²) in [7, 11) is 0. The molecule has 3 aromatic rings. The smallest absolute Gasteiger partial charge is 0.146 e. The van der Waals surface area contributed by atoms with Gasteiger partial charge in [-0.25, -0.2) is 9.97 Å². The van der Waals surface area contributed by atoms with Gasteiger partial charge >= 0.3 is 0 Å². The summed E-state index contributed by atoms with van der Waals surface area (Å²) in [4.78, 5) is 17.4. The van der Waals surface area contributed by atoms with Crippen LogP contribution in [-0.4, -0.2) is 60.9 Å². The van der Waals surface area contributed by atoms with Gasteiger partial charge in [0.15, 0.2) is 0 Å². The van der Waals surface area contributed by atoms with Gasteiger partial charge in [-0.2, -0.15) is 0 Å². The fraction of sp³-hybridized carbons (Fsp3) is 0.520. The molecule has 0 atom stereocenters. The first kappa shape index (κ1) is 21.6. The Balaban J connectivity index is 1.31. The number of benzene rings is 1. The lowest BCUT2D eigenvalue weighted by molar-refractivity contribution is 0.0331. The van der Waals surface area contributed by atoms with Gasteiger partial charge < -0.3 is 14.4 Å². The van der Waals surface area contributed by atoms with Gasteiger partial charge in [0.05, 0.1) is 31.8 Å². The molecule has 0 bridgehead atoms. The van der Waals surface area contributed by atoms with Crippen molar-refractivity contribution in [2.24, 2.45) is 5.92 Å². The predicted molar refractivity (Wildman–Crippen MR) is 130 cm³/mol. The van der Waals surface area contributed by atoms with E-state index in [9.17, 15) is 0 Å². The molecule has 0 N–H and O–H groups in total. The van der Waals surface area contributed by atoms with Crippen LogP contribution in [0, 0.1) is 19.8 Å². The van der Waals surface area contributed by atoms with Gasteiger partial charge in [0, 0.05) is 31.1 Å². The second-order valence-corrected chi connectivity index (χ2v) is 10.1. The molecule has 2 aliphatic rings. The summed E-state index contributed by atoms with van der Waals surface area (Å²) >= 11 is 1.80. The van der Waals surface area contributed by atoms with E-state index in [0.717, 1.165) is 87.6 Å². The minimum absolute atomic E-state index is 0.585. The van der Waals surface area contributed by atoms with Gasteiger partial charge in [-0.3, -0.25) is 4.90 Å². The number of hydrogen-bond acceptors (Lipinski definition) is 7. The lowest BCUT2D eigenvalue weighted by Crippen LogP contribution is -2.37. The number of anilines is 1. The number of morpholine rings is 1. The zero-order valence-corrected chi connectivity index (χ0v) is 19.9. The molecule has 5 rings (SSSR count). The maximum absolute atomic E-state index is 6.02. The molecule has 2 aromatic heterocycles. The molecular formula is C25H32N4O2S. The van der Waals surface area contributed by atoms with Crippen LogP contribution in [0.3, 0.4) is 0 Å². The molecule has 0 aliphatic carbocycles. The van der Waals surface area contributed by atoms with Gasteiger partial charge in [0.2, 0.25) is 0 Å². The number of ether oxygens (including phenoxy) is 2. The van der Waals surface area contributed by atoms with Crippen molar-refractivity contribution in [1.29, 1.82) is 0 Å². The Labute approximate surface area is 194 Å². The lowest BCUT2D eigenvalue weighted by Gasteiger charge is -2.33. The maximum atomic E-state index is 6.02. The summed E-state index contributed by atoms with van der Waals surface area (Å²) in [5.41, 5.74) is 1.33. The van der Waals surface area contributed by atoms with Gasteiger partial charge in [-0.05, 0) is 50.3 Å². The Morgan fingerprint density at radius 1 is 1.03 bits per heavy atom. The van der Waals surface area contributed by atoms with Crippen molar-refractivity contribution >= 4 is 27.4 Å². The third-order valence-electron chi connectivity index (χ3n) is 6.67. The predicted octanol–water partition coefficient (Wildman–Crippen LogP) is 4.44. The van der Waals surface area contributed by atoms with Gasteiger partial charge in [0.25, 0.3) is 0 Å². The van der Waals surface area contributed by atoms with Crippen molar-refractivity contribution in [3.8, 4) is 5.75 Å². The molecule has 0 spiro atoms. The summed E-state index contributed by atoms with van der Waals surface area (Å²) in [6.07, 6.45) is 2.25. The zero-order chi connectivity index (χ0) is 21.9. The van der Waals surface area contributed by atoms with Crippen LogP contribution in [0.4, 0.5) is 5.82 Å². The standard InChI is InChI=1S/C25H32N4O2S/c1-18-19(2)32-25-23(18)24(26-22(27-25)16-28-12-14-30-15-13-28)29-10-8-20(9-11-29)17-31-21-6-4-3-5-7-21/h3-7,20H,8-17H2,1-2H3. The Morgan fingerprint density at radius 3 is 2.53 bits per heavy atom. The molecule has 6 nitrogen and oxygen atoms in total. The zero-order valence-electron chi connectivity index (χ0n) is 19.0. The number of aryl methyl sites for hydroxylation is 2. The van der Waals surface area contributed by atoms with Crippen LogP contribution in [0.25, 0.3) is 10.2 Å². The highest BCUT2D eigenvalue weighted by molar-refractivity contribution is 7.18. The second kappa shape index (κ2) is 9.73. The van der Waals surface area contributed by atoms with Gasteiger partial charge in [0.1, 0.15) is 22.2 Å². The van der Waals surface area contributed by atoms with E-state index in [4.69, 9.17) is 19.4 Å². The second-order valence-electron chi connectivity index (χ2n) is 8.87. The first-order valence-corrected chi connectivity index (χ1v) is 12.5. The molecule has 0 amide bonds.